The lowest BCUT2D eigenvalue weighted by Gasteiger charge is -2.33. The van der Waals surface area contributed by atoms with Gasteiger partial charge in [0.2, 0.25) is 5.91 Å². The van der Waals surface area contributed by atoms with Gasteiger partial charge in [-0.25, -0.2) is 4.98 Å². The Kier molecular flexibility index (Phi) is 7.38. The number of carbonyl (C=O) groups is 2. The molecular formula is C25H28N4O2. The van der Waals surface area contributed by atoms with Crippen LogP contribution in [-0.4, -0.2) is 57.3 Å². The summed E-state index contributed by atoms with van der Waals surface area (Å²) in [6.45, 7) is 10.00. The Hall–Kier alpha value is -3.67. The van der Waals surface area contributed by atoms with Gasteiger partial charge in [0.15, 0.2) is 0 Å². The summed E-state index contributed by atoms with van der Waals surface area (Å²) in [4.78, 5) is 33.5. The molecule has 0 bridgehead atoms. The molecule has 4 rings (SSSR count). The van der Waals surface area contributed by atoms with E-state index in [2.05, 4.69) is 18.1 Å². The number of benzene rings is 2. The normalized spacial score (nSPS) is 13.5. The van der Waals surface area contributed by atoms with Gasteiger partial charge in [0, 0.05) is 37.1 Å². The molecule has 2 heterocycles. The van der Waals surface area contributed by atoms with Gasteiger partial charge in [0.1, 0.15) is 18.1 Å². The molecule has 2 aromatic carbocycles. The second-order valence-corrected chi connectivity index (χ2v) is 7.13. The number of hydrogen-bond acceptors (Lipinski definition) is 3. The van der Waals surface area contributed by atoms with Crippen LogP contribution in [-0.2, 0) is 4.79 Å². The number of aromatic nitrogens is 2. The summed E-state index contributed by atoms with van der Waals surface area (Å²) in [5.74, 6) is 0.495. The van der Waals surface area contributed by atoms with Crippen LogP contribution >= 0.6 is 0 Å². The SMILES string of the molecule is C=C.CCCN1CCN(C(=O)c2cn(-c3ccccc3)c(-c3ccccc3)n2)CC1=O. The van der Waals surface area contributed by atoms with Gasteiger partial charge in [0.25, 0.3) is 5.91 Å². The van der Waals surface area contributed by atoms with E-state index in [9.17, 15) is 9.59 Å². The van der Waals surface area contributed by atoms with Gasteiger partial charge in [-0.1, -0.05) is 55.5 Å². The van der Waals surface area contributed by atoms with Crippen molar-refractivity contribution in [1.29, 1.82) is 0 Å². The van der Waals surface area contributed by atoms with Crippen molar-refractivity contribution in [1.82, 2.24) is 19.4 Å². The van der Waals surface area contributed by atoms with Crippen molar-refractivity contribution in [3.63, 3.8) is 0 Å². The first-order valence-corrected chi connectivity index (χ1v) is 10.4. The number of amides is 2. The fourth-order valence-corrected chi connectivity index (χ4v) is 3.61. The van der Waals surface area contributed by atoms with Crippen LogP contribution in [0.5, 0.6) is 0 Å². The minimum absolute atomic E-state index is 0.00257. The molecule has 1 aliphatic rings. The maximum atomic E-state index is 13.1. The molecule has 1 fully saturated rings. The van der Waals surface area contributed by atoms with E-state index >= 15 is 0 Å². The average molecular weight is 417 g/mol. The van der Waals surface area contributed by atoms with Gasteiger partial charge in [-0.15, -0.1) is 13.2 Å². The molecular weight excluding hydrogens is 388 g/mol. The number of carbonyl (C=O) groups excluding carboxylic acids is 2. The van der Waals surface area contributed by atoms with Crippen molar-refractivity contribution in [3.8, 4) is 17.1 Å². The van der Waals surface area contributed by atoms with Crippen LogP contribution in [0.4, 0.5) is 0 Å². The largest absolute Gasteiger partial charge is 0.339 e. The molecule has 160 valence electrons. The minimum Gasteiger partial charge on any atom is -0.339 e. The third-order valence-electron chi connectivity index (χ3n) is 5.09. The highest BCUT2D eigenvalue weighted by Gasteiger charge is 2.29. The number of nitrogens with zero attached hydrogens (tertiary/aromatic N) is 4. The van der Waals surface area contributed by atoms with E-state index in [0.717, 1.165) is 24.2 Å². The average Bonchev–Trinajstić information content (AvgIpc) is 3.28. The number of hydrogen-bond donors (Lipinski definition) is 0. The Labute approximate surface area is 183 Å². The van der Waals surface area contributed by atoms with Crippen molar-refractivity contribution >= 4 is 11.8 Å². The fraction of sp³-hybridized carbons (Fsp3) is 0.240. The molecule has 2 amide bonds. The number of rotatable bonds is 5. The first-order valence-electron chi connectivity index (χ1n) is 10.4. The molecule has 1 aromatic heterocycles. The maximum absolute atomic E-state index is 13.1. The first kappa shape index (κ1) is 22.0. The molecule has 6 heteroatoms. The highest BCUT2D eigenvalue weighted by Crippen LogP contribution is 2.24. The van der Waals surface area contributed by atoms with Crippen molar-refractivity contribution in [2.75, 3.05) is 26.2 Å². The Morgan fingerprint density at radius 3 is 2.26 bits per heavy atom. The van der Waals surface area contributed by atoms with Crippen LogP contribution in [0, 0.1) is 0 Å². The van der Waals surface area contributed by atoms with E-state index in [-0.39, 0.29) is 18.4 Å². The molecule has 1 aliphatic heterocycles. The Morgan fingerprint density at radius 1 is 1.00 bits per heavy atom. The van der Waals surface area contributed by atoms with Crippen molar-refractivity contribution in [2.24, 2.45) is 0 Å². The number of piperazine rings is 1. The molecule has 0 radical (unpaired) electrons. The molecule has 1 saturated heterocycles. The van der Waals surface area contributed by atoms with Crippen LogP contribution in [0.1, 0.15) is 23.8 Å². The summed E-state index contributed by atoms with van der Waals surface area (Å²) >= 11 is 0. The topological polar surface area (TPSA) is 58.4 Å². The highest BCUT2D eigenvalue weighted by molar-refractivity contribution is 5.96. The monoisotopic (exact) mass is 416 g/mol. The lowest BCUT2D eigenvalue weighted by Crippen LogP contribution is -2.52. The van der Waals surface area contributed by atoms with Crippen molar-refractivity contribution in [2.45, 2.75) is 13.3 Å². The van der Waals surface area contributed by atoms with E-state index in [4.69, 9.17) is 0 Å². The summed E-state index contributed by atoms with van der Waals surface area (Å²) in [6, 6.07) is 19.6. The summed E-state index contributed by atoms with van der Waals surface area (Å²) in [5.41, 5.74) is 2.21. The zero-order valence-corrected chi connectivity index (χ0v) is 17.9. The second-order valence-electron chi connectivity index (χ2n) is 7.13. The minimum atomic E-state index is -0.207. The number of imidazole rings is 1. The zero-order chi connectivity index (χ0) is 22.2. The molecule has 0 aliphatic carbocycles. The van der Waals surface area contributed by atoms with E-state index in [1.807, 2.05) is 77.1 Å². The standard InChI is InChI=1S/C23H24N4O2.C2H4/c1-2-13-25-14-15-26(17-21(25)28)23(29)20-16-27(19-11-7-4-8-12-19)22(24-20)18-9-5-3-6-10-18;1-2/h3-12,16H,2,13-15,17H2,1H3;1-2H2. The third kappa shape index (κ3) is 4.91. The van der Waals surface area contributed by atoms with Crippen LogP contribution in [0.25, 0.3) is 17.1 Å². The lowest BCUT2D eigenvalue weighted by molar-refractivity contribution is -0.135. The summed E-state index contributed by atoms with van der Waals surface area (Å²) < 4.78 is 1.93. The van der Waals surface area contributed by atoms with Gasteiger partial charge in [-0.3, -0.25) is 14.2 Å². The smallest absolute Gasteiger partial charge is 0.274 e. The Bertz CT molecular complexity index is 958. The van der Waals surface area contributed by atoms with Crippen molar-refractivity contribution < 1.29 is 9.59 Å². The summed E-state index contributed by atoms with van der Waals surface area (Å²) in [5, 5.41) is 0. The van der Waals surface area contributed by atoms with E-state index in [1.54, 1.807) is 11.1 Å². The van der Waals surface area contributed by atoms with E-state index in [1.165, 1.54) is 0 Å². The van der Waals surface area contributed by atoms with Crippen LogP contribution in [0.15, 0.2) is 80.0 Å². The van der Waals surface area contributed by atoms with Gasteiger partial charge < -0.3 is 9.80 Å². The van der Waals surface area contributed by atoms with Gasteiger partial charge in [-0.05, 0) is 18.6 Å². The van der Waals surface area contributed by atoms with E-state index in [0.29, 0.717) is 24.6 Å². The molecule has 6 nitrogen and oxygen atoms in total. The molecule has 31 heavy (non-hydrogen) atoms. The van der Waals surface area contributed by atoms with Crippen LogP contribution in [0.3, 0.4) is 0 Å². The lowest BCUT2D eigenvalue weighted by atomic mass is 10.2. The summed E-state index contributed by atoms with van der Waals surface area (Å²) in [7, 11) is 0. The van der Waals surface area contributed by atoms with Crippen LogP contribution in [0.2, 0.25) is 0 Å². The Balaban J connectivity index is 0.00000132. The van der Waals surface area contributed by atoms with E-state index < -0.39 is 0 Å². The summed E-state index contributed by atoms with van der Waals surface area (Å²) in [6.07, 6.45) is 2.69. The second kappa shape index (κ2) is 10.4. The highest BCUT2D eigenvalue weighted by atomic mass is 16.2. The van der Waals surface area contributed by atoms with Gasteiger partial charge in [0.05, 0.1) is 0 Å². The fourth-order valence-electron chi connectivity index (χ4n) is 3.61. The molecule has 0 atom stereocenters. The molecule has 0 unspecified atom stereocenters. The predicted molar refractivity (Wildman–Crippen MR) is 123 cm³/mol. The molecule has 0 saturated carbocycles. The van der Waals surface area contributed by atoms with Gasteiger partial charge in [-0.2, -0.15) is 0 Å². The van der Waals surface area contributed by atoms with Crippen molar-refractivity contribution in [3.05, 3.63) is 85.7 Å². The molecule has 3 aromatic rings. The maximum Gasteiger partial charge on any atom is 0.274 e. The number of para-hydroxylation sites is 1. The third-order valence-corrected chi connectivity index (χ3v) is 5.09. The zero-order valence-electron chi connectivity index (χ0n) is 17.9. The van der Waals surface area contributed by atoms with Crippen LogP contribution < -0.4 is 0 Å². The Morgan fingerprint density at radius 2 is 1.65 bits per heavy atom. The molecule has 0 N–H and O–H groups in total. The predicted octanol–water partition coefficient (Wildman–Crippen LogP) is 4.04. The quantitative estimate of drug-likeness (QED) is 0.590. The van der Waals surface area contributed by atoms with Gasteiger partial charge >= 0.3 is 0 Å². The first-order chi connectivity index (χ1) is 15.2. The molecule has 0 spiro atoms.